The zero-order valence-corrected chi connectivity index (χ0v) is 8.77. The van der Waals surface area contributed by atoms with Gasteiger partial charge in [-0.3, -0.25) is 0 Å². The summed E-state index contributed by atoms with van der Waals surface area (Å²) in [6, 6.07) is 19.5. The van der Waals surface area contributed by atoms with E-state index in [1.807, 2.05) is 48.5 Å². The first-order valence-electron chi connectivity index (χ1n) is 5.32. The molecular weight excluding hydrogens is 196 g/mol. The van der Waals surface area contributed by atoms with E-state index in [9.17, 15) is 5.11 Å². The van der Waals surface area contributed by atoms with Crippen molar-refractivity contribution in [3.8, 4) is 0 Å². The van der Waals surface area contributed by atoms with Crippen molar-refractivity contribution in [3.63, 3.8) is 0 Å². The highest BCUT2D eigenvalue weighted by atomic mass is 16.3. The standard InChI is InChI=1S/C15H11O/c16-10-15-13-7-3-1-5-11(13)9-12-6-2-4-8-14(12)15/h1-8,16H,10H2. The van der Waals surface area contributed by atoms with Crippen molar-refractivity contribution < 1.29 is 5.11 Å². The number of rotatable bonds is 1. The van der Waals surface area contributed by atoms with Crippen LogP contribution in [0.3, 0.4) is 0 Å². The average molecular weight is 207 g/mol. The van der Waals surface area contributed by atoms with Gasteiger partial charge in [0.05, 0.1) is 6.61 Å². The molecule has 0 aliphatic carbocycles. The maximum absolute atomic E-state index is 9.52. The summed E-state index contributed by atoms with van der Waals surface area (Å²) >= 11 is 0. The van der Waals surface area contributed by atoms with Crippen LogP contribution >= 0.6 is 0 Å². The van der Waals surface area contributed by atoms with Crippen LogP contribution in [0.4, 0.5) is 0 Å². The van der Waals surface area contributed by atoms with E-state index >= 15 is 0 Å². The molecule has 0 saturated carbocycles. The lowest BCUT2D eigenvalue weighted by atomic mass is 9.97. The van der Waals surface area contributed by atoms with E-state index in [1.54, 1.807) is 0 Å². The number of benzene rings is 3. The summed E-state index contributed by atoms with van der Waals surface area (Å²) < 4.78 is 0. The van der Waals surface area contributed by atoms with Crippen molar-refractivity contribution in [1.82, 2.24) is 0 Å². The van der Waals surface area contributed by atoms with Gasteiger partial charge in [-0.1, -0.05) is 48.5 Å². The van der Waals surface area contributed by atoms with Crippen LogP contribution in [0.2, 0.25) is 0 Å². The smallest absolute Gasteiger partial charge is 0.0693 e. The van der Waals surface area contributed by atoms with Crippen LogP contribution in [0, 0.1) is 6.07 Å². The molecule has 0 atom stereocenters. The Kier molecular flexibility index (Phi) is 2.12. The summed E-state index contributed by atoms with van der Waals surface area (Å²) in [4.78, 5) is 0. The number of aliphatic hydroxyl groups excluding tert-OH is 1. The Morgan fingerprint density at radius 2 is 1.31 bits per heavy atom. The average Bonchev–Trinajstić information content (AvgIpc) is 2.36. The van der Waals surface area contributed by atoms with Crippen LogP contribution in [0.5, 0.6) is 0 Å². The number of hydrogen-bond donors (Lipinski definition) is 1. The van der Waals surface area contributed by atoms with Crippen molar-refractivity contribution in [1.29, 1.82) is 0 Å². The van der Waals surface area contributed by atoms with Crippen molar-refractivity contribution in [3.05, 3.63) is 60.2 Å². The first kappa shape index (κ1) is 9.37. The zero-order valence-electron chi connectivity index (χ0n) is 8.77. The minimum absolute atomic E-state index is 0.0652. The van der Waals surface area contributed by atoms with E-state index in [0.29, 0.717) is 0 Å². The van der Waals surface area contributed by atoms with Gasteiger partial charge in [-0.25, -0.2) is 0 Å². The summed E-state index contributed by atoms with van der Waals surface area (Å²) in [5.41, 5.74) is 0.991. The molecule has 1 radical (unpaired) electrons. The topological polar surface area (TPSA) is 20.2 Å². The summed E-state index contributed by atoms with van der Waals surface area (Å²) in [6.45, 7) is 0.0652. The Morgan fingerprint density at radius 1 is 0.812 bits per heavy atom. The second-order valence-electron chi connectivity index (χ2n) is 3.85. The number of aliphatic hydroxyl groups is 1. The Bertz CT molecular complexity index is 602. The molecule has 16 heavy (non-hydrogen) atoms. The predicted molar refractivity (Wildman–Crippen MR) is 66.2 cm³/mol. The van der Waals surface area contributed by atoms with Crippen molar-refractivity contribution in [2.45, 2.75) is 6.61 Å². The van der Waals surface area contributed by atoms with Crippen molar-refractivity contribution >= 4 is 21.5 Å². The molecule has 0 aliphatic rings. The molecule has 3 rings (SSSR count). The fraction of sp³-hybridized carbons (Fsp3) is 0.0667. The van der Waals surface area contributed by atoms with E-state index in [4.69, 9.17) is 0 Å². The molecular formula is C15H11O. The molecule has 0 fully saturated rings. The fourth-order valence-corrected chi connectivity index (χ4v) is 2.17. The van der Waals surface area contributed by atoms with Gasteiger partial charge in [0.25, 0.3) is 0 Å². The monoisotopic (exact) mass is 207 g/mol. The van der Waals surface area contributed by atoms with Gasteiger partial charge in [0.2, 0.25) is 0 Å². The van der Waals surface area contributed by atoms with Gasteiger partial charge in [-0.2, -0.15) is 0 Å². The minimum Gasteiger partial charge on any atom is -0.392 e. The van der Waals surface area contributed by atoms with Gasteiger partial charge in [-0.05, 0) is 33.2 Å². The number of fused-ring (bicyclic) bond motifs is 2. The van der Waals surface area contributed by atoms with E-state index < -0.39 is 0 Å². The molecule has 0 saturated heterocycles. The lowest BCUT2D eigenvalue weighted by molar-refractivity contribution is 0.285. The summed E-state index contributed by atoms with van der Waals surface area (Å²) in [6.07, 6.45) is 0. The summed E-state index contributed by atoms with van der Waals surface area (Å²) in [5.74, 6) is 0. The molecule has 77 valence electrons. The largest absolute Gasteiger partial charge is 0.392 e. The first-order chi connectivity index (χ1) is 7.90. The van der Waals surface area contributed by atoms with Crippen LogP contribution < -0.4 is 0 Å². The molecule has 1 N–H and O–H groups in total. The van der Waals surface area contributed by atoms with Crippen LogP contribution in [0.15, 0.2) is 48.5 Å². The third-order valence-corrected chi connectivity index (χ3v) is 2.93. The second-order valence-corrected chi connectivity index (χ2v) is 3.85. The fourth-order valence-electron chi connectivity index (χ4n) is 2.17. The van der Waals surface area contributed by atoms with Gasteiger partial charge < -0.3 is 5.11 Å². The molecule has 0 bridgehead atoms. The third kappa shape index (κ3) is 1.29. The van der Waals surface area contributed by atoms with Gasteiger partial charge in [0.15, 0.2) is 0 Å². The van der Waals surface area contributed by atoms with Gasteiger partial charge in [0, 0.05) is 0 Å². The highest BCUT2D eigenvalue weighted by Crippen LogP contribution is 2.27. The van der Waals surface area contributed by atoms with Crippen molar-refractivity contribution in [2.24, 2.45) is 0 Å². The lowest BCUT2D eigenvalue weighted by Gasteiger charge is -2.08. The zero-order chi connectivity index (χ0) is 11.0. The van der Waals surface area contributed by atoms with Crippen LogP contribution in [0.1, 0.15) is 5.56 Å². The van der Waals surface area contributed by atoms with Crippen LogP contribution in [0.25, 0.3) is 21.5 Å². The van der Waals surface area contributed by atoms with E-state index in [0.717, 1.165) is 27.1 Å². The van der Waals surface area contributed by atoms with Crippen LogP contribution in [-0.2, 0) is 6.61 Å². The normalized spacial score (nSPS) is 11.1. The van der Waals surface area contributed by atoms with Crippen LogP contribution in [-0.4, -0.2) is 5.11 Å². The lowest BCUT2D eigenvalue weighted by Crippen LogP contribution is -1.89. The molecule has 0 unspecified atom stereocenters. The Hall–Kier alpha value is -1.86. The molecule has 0 aromatic heterocycles. The summed E-state index contributed by atoms with van der Waals surface area (Å²) in [7, 11) is 0. The molecule has 0 heterocycles. The molecule has 0 aliphatic heterocycles. The first-order valence-corrected chi connectivity index (χ1v) is 5.32. The summed E-state index contributed by atoms with van der Waals surface area (Å²) in [5, 5.41) is 13.8. The maximum atomic E-state index is 9.52. The Balaban J connectivity index is 2.56. The van der Waals surface area contributed by atoms with Crippen molar-refractivity contribution in [2.75, 3.05) is 0 Å². The molecule has 3 aromatic rings. The quantitative estimate of drug-likeness (QED) is 0.607. The van der Waals surface area contributed by atoms with Gasteiger partial charge in [0.1, 0.15) is 0 Å². The van der Waals surface area contributed by atoms with E-state index in [-0.39, 0.29) is 6.61 Å². The highest BCUT2D eigenvalue weighted by Gasteiger charge is 2.05. The molecule has 0 amide bonds. The minimum atomic E-state index is 0.0652. The Labute approximate surface area is 94.0 Å². The van der Waals surface area contributed by atoms with Gasteiger partial charge in [-0.15, -0.1) is 0 Å². The maximum Gasteiger partial charge on any atom is 0.0693 e. The van der Waals surface area contributed by atoms with E-state index in [2.05, 4.69) is 6.07 Å². The van der Waals surface area contributed by atoms with Gasteiger partial charge >= 0.3 is 0 Å². The SMILES string of the molecule is OCc1c2ccccc2[c]c2ccccc12. The Morgan fingerprint density at radius 3 is 1.81 bits per heavy atom. The molecule has 1 nitrogen and oxygen atoms in total. The second kappa shape index (κ2) is 3.62. The van der Waals surface area contributed by atoms with E-state index in [1.165, 1.54) is 0 Å². The molecule has 1 heteroatoms. The molecule has 3 aromatic carbocycles. The third-order valence-electron chi connectivity index (χ3n) is 2.93. The number of hydrogen-bond acceptors (Lipinski definition) is 1. The highest BCUT2D eigenvalue weighted by molar-refractivity contribution is 6.01. The predicted octanol–water partition coefficient (Wildman–Crippen LogP) is 3.29. The molecule has 0 spiro atoms.